The number of aromatic nitrogens is 2. The van der Waals surface area contributed by atoms with E-state index in [1.165, 1.54) is 12.4 Å². The number of nitrogens with zero attached hydrogens (tertiary/aromatic N) is 5. The van der Waals surface area contributed by atoms with Crippen LogP contribution in [0.5, 0.6) is 0 Å². The first-order valence-electron chi connectivity index (χ1n) is 8.35. The minimum Gasteiger partial charge on any atom is -0.367 e. The Labute approximate surface area is 156 Å². The predicted octanol–water partition coefficient (Wildman–Crippen LogP) is 2.83. The normalized spacial score (nSPS) is 15.7. The van der Waals surface area contributed by atoms with E-state index >= 15 is 0 Å². The number of hydrogen-bond acceptors (Lipinski definition) is 3. The predicted molar refractivity (Wildman–Crippen MR) is 98.9 cm³/mol. The summed E-state index contributed by atoms with van der Waals surface area (Å²) in [4.78, 5) is 12.6. The quantitative estimate of drug-likeness (QED) is 0.652. The summed E-state index contributed by atoms with van der Waals surface area (Å²) in [6, 6.07) is 7.78. The molecule has 0 unspecified atom stereocenters. The van der Waals surface area contributed by atoms with Crippen molar-refractivity contribution in [1.82, 2.24) is 19.8 Å². The maximum absolute atomic E-state index is 12.9. The number of anilines is 1. The van der Waals surface area contributed by atoms with Crippen molar-refractivity contribution in [1.29, 1.82) is 0 Å². The van der Waals surface area contributed by atoms with Crippen molar-refractivity contribution in [3.63, 3.8) is 0 Å². The molecule has 2 heterocycles. The number of piperazine rings is 1. The standard InChI is InChI=1S/C17H21ClF2N6/c1-21-17(23-12-15-22-6-7-26(15)16(19)20)25-10-8-24(9-11-25)14-5-3-2-4-13(14)18/h2-7,16H,8-12H2,1H3,(H,21,23). The number of hydrogen-bond donors (Lipinski definition) is 1. The monoisotopic (exact) mass is 382 g/mol. The van der Waals surface area contributed by atoms with Crippen molar-refractivity contribution in [3.05, 3.63) is 47.5 Å². The Hall–Kier alpha value is -2.35. The molecule has 0 saturated carbocycles. The molecule has 1 saturated heterocycles. The van der Waals surface area contributed by atoms with E-state index in [0.29, 0.717) is 5.96 Å². The van der Waals surface area contributed by atoms with Gasteiger partial charge in [-0.2, -0.15) is 8.78 Å². The first-order valence-corrected chi connectivity index (χ1v) is 8.73. The van der Waals surface area contributed by atoms with Crippen LogP contribution in [0.1, 0.15) is 12.4 Å². The summed E-state index contributed by atoms with van der Waals surface area (Å²) in [6.45, 7) is 0.707. The van der Waals surface area contributed by atoms with Gasteiger partial charge in [0.15, 0.2) is 5.96 Å². The lowest BCUT2D eigenvalue weighted by molar-refractivity contribution is 0.0668. The van der Waals surface area contributed by atoms with Crippen molar-refractivity contribution in [3.8, 4) is 0 Å². The zero-order valence-corrected chi connectivity index (χ0v) is 15.2. The number of aliphatic imine (C=N–C) groups is 1. The molecule has 0 spiro atoms. The molecule has 0 amide bonds. The molecule has 9 heteroatoms. The zero-order valence-electron chi connectivity index (χ0n) is 14.4. The van der Waals surface area contributed by atoms with Gasteiger partial charge in [-0.15, -0.1) is 0 Å². The van der Waals surface area contributed by atoms with Gasteiger partial charge >= 0.3 is 6.55 Å². The Balaban J connectivity index is 1.57. The number of guanidine groups is 1. The highest BCUT2D eigenvalue weighted by Crippen LogP contribution is 2.26. The fourth-order valence-corrected chi connectivity index (χ4v) is 3.27. The van der Waals surface area contributed by atoms with E-state index < -0.39 is 6.55 Å². The average Bonchev–Trinajstić information content (AvgIpc) is 3.12. The largest absolute Gasteiger partial charge is 0.367 e. The second-order valence-electron chi connectivity index (χ2n) is 5.85. The van der Waals surface area contributed by atoms with Crippen LogP contribution in [0, 0.1) is 0 Å². The SMILES string of the molecule is CN=C(NCc1nccn1C(F)F)N1CCN(c2ccccc2Cl)CC1. The summed E-state index contributed by atoms with van der Waals surface area (Å²) in [7, 11) is 1.68. The van der Waals surface area contributed by atoms with E-state index in [0.717, 1.165) is 41.5 Å². The fourth-order valence-electron chi connectivity index (χ4n) is 3.02. The maximum Gasteiger partial charge on any atom is 0.319 e. The Morgan fingerprint density at radius 1 is 1.27 bits per heavy atom. The lowest BCUT2D eigenvalue weighted by Crippen LogP contribution is -2.52. The molecule has 1 N–H and O–H groups in total. The molecule has 1 aliphatic rings. The summed E-state index contributed by atoms with van der Waals surface area (Å²) in [5, 5.41) is 3.86. The Morgan fingerprint density at radius 2 is 2.00 bits per heavy atom. The molecule has 140 valence electrons. The smallest absolute Gasteiger partial charge is 0.319 e. The maximum atomic E-state index is 12.9. The first-order chi connectivity index (χ1) is 12.6. The van der Waals surface area contributed by atoms with Crippen LogP contribution in [0.15, 0.2) is 41.7 Å². The molecule has 1 aromatic carbocycles. The number of halogens is 3. The Bertz CT molecular complexity index is 755. The van der Waals surface area contributed by atoms with Crippen molar-refractivity contribution in [2.24, 2.45) is 4.99 Å². The molecule has 0 radical (unpaired) electrons. The van der Waals surface area contributed by atoms with Crippen LogP contribution in [-0.4, -0.2) is 53.6 Å². The number of rotatable bonds is 4. The molecule has 26 heavy (non-hydrogen) atoms. The van der Waals surface area contributed by atoms with Crippen molar-refractivity contribution in [2.75, 3.05) is 38.1 Å². The Morgan fingerprint density at radius 3 is 2.65 bits per heavy atom. The van der Waals surface area contributed by atoms with Crippen LogP contribution in [0.2, 0.25) is 5.02 Å². The second kappa shape index (κ2) is 8.35. The molecule has 1 fully saturated rings. The third-order valence-electron chi connectivity index (χ3n) is 4.35. The van der Waals surface area contributed by atoms with Crippen molar-refractivity contribution in [2.45, 2.75) is 13.1 Å². The molecule has 3 rings (SSSR count). The van der Waals surface area contributed by atoms with E-state index in [4.69, 9.17) is 11.6 Å². The second-order valence-corrected chi connectivity index (χ2v) is 6.26. The summed E-state index contributed by atoms with van der Waals surface area (Å²) in [5.74, 6) is 0.948. The fraction of sp³-hybridized carbons (Fsp3) is 0.412. The third kappa shape index (κ3) is 4.07. The highest BCUT2D eigenvalue weighted by Gasteiger charge is 2.21. The number of para-hydroxylation sites is 1. The van der Waals surface area contributed by atoms with E-state index in [9.17, 15) is 8.78 Å². The number of nitrogens with one attached hydrogen (secondary N) is 1. The van der Waals surface area contributed by atoms with E-state index in [-0.39, 0.29) is 12.4 Å². The van der Waals surface area contributed by atoms with Crippen LogP contribution in [0.3, 0.4) is 0 Å². The topological polar surface area (TPSA) is 48.7 Å². The van der Waals surface area contributed by atoms with Gasteiger partial charge in [0.1, 0.15) is 5.82 Å². The molecular formula is C17H21ClF2N6. The first kappa shape index (κ1) is 18.4. The van der Waals surface area contributed by atoms with Crippen molar-refractivity contribution >= 4 is 23.2 Å². The molecule has 1 aliphatic heterocycles. The molecule has 0 bridgehead atoms. The molecule has 1 aromatic heterocycles. The van der Waals surface area contributed by atoms with Gasteiger partial charge in [0, 0.05) is 45.6 Å². The van der Waals surface area contributed by atoms with Gasteiger partial charge < -0.3 is 15.1 Å². The molecule has 0 aliphatic carbocycles. The number of benzene rings is 1. The van der Waals surface area contributed by atoms with Gasteiger partial charge in [-0.1, -0.05) is 23.7 Å². The zero-order chi connectivity index (χ0) is 18.5. The van der Waals surface area contributed by atoms with E-state index in [1.54, 1.807) is 7.05 Å². The minimum atomic E-state index is -2.60. The van der Waals surface area contributed by atoms with Gasteiger partial charge in [0.25, 0.3) is 0 Å². The van der Waals surface area contributed by atoms with Crippen LogP contribution >= 0.6 is 11.6 Å². The van der Waals surface area contributed by atoms with Gasteiger partial charge in [-0.3, -0.25) is 9.56 Å². The van der Waals surface area contributed by atoms with Crippen molar-refractivity contribution < 1.29 is 8.78 Å². The summed E-state index contributed by atoms with van der Waals surface area (Å²) in [5.41, 5.74) is 1.02. The summed E-state index contributed by atoms with van der Waals surface area (Å²) in [6.07, 6.45) is 2.64. The average molecular weight is 383 g/mol. The lowest BCUT2D eigenvalue weighted by Gasteiger charge is -2.38. The number of alkyl halides is 2. The third-order valence-corrected chi connectivity index (χ3v) is 4.67. The summed E-state index contributed by atoms with van der Waals surface area (Å²) >= 11 is 6.27. The summed E-state index contributed by atoms with van der Waals surface area (Å²) < 4.78 is 26.6. The van der Waals surface area contributed by atoms with Gasteiger partial charge in [0.2, 0.25) is 0 Å². The van der Waals surface area contributed by atoms with Gasteiger partial charge in [-0.05, 0) is 12.1 Å². The molecule has 2 aromatic rings. The van der Waals surface area contributed by atoms with Gasteiger partial charge in [0.05, 0.1) is 17.3 Å². The minimum absolute atomic E-state index is 0.189. The molecule has 6 nitrogen and oxygen atoms in total. The van der Waals surface area contributed by atoms with Crippen LogP contribution in [0.25, 0.3) is 0 Å². The highest BCUT2D eigenvalue weighted by atomic mass is 35.5. The highest BCUT2D eigenvalue weighted by molar-refractivity contribution is 6.33. The van der Waals surface area contributed by atoms with Crippen LogP contribution in [0.4, 0.5) is 14.5 Å². The van der Waals surface area contributed by atoms with E-state index in [2.05, 4.69) is 25.1 Å². The van der Waals surface area contributed by atoms with E-state index in [1.807, 2.05) is 24.3 Å². The van der Waals surface area contributed by atoms with Gasteiger partial charge in [-0.25, -0.2) is 4.98 Å². The lowest BCUT2D eigenvalue weighted by atomic mass is 10.2. The van der Waals surface area contributed by atoms with Crippen LogP contribution in [-0.2, 0) is 6.54 Å². The van der Waals surface area contributed by atoms with Crippen LogP contribution < -0.4 is 10.2 Å². The number of imidazole rings is 1. The molecule has 0 atom stereocenters. The molecular weight excluding hydrogens is 362 g/mol. The Kier molecular flexibility index (Phi) is 5.92.